The van der Waals surface area contributed by atoms with Crippen molar-refractivity contribution in [2.24, 2.45) is 0 Å². The van der Waals surface area contributed by atoms with E-state index in [1.807, 2.05) is 66.7 Å². The zero-order valence-electron chi connectivity index (χ0n) is 11.1. The van der Waals surface area contributed by atoms with Crippen molar-refractivity contribution in [3.8, 4) is 5.75 Å². The van der Waals surface area contributed by atoms with E-state index >= 15 is 0 Å². The van der Waals surface area contributed by atoms with E-state index < -0.39 is 0 Å². The van der Waals surface area contributed by atoms with Crippen molar-refractivity contribution in [2.75, 3.05) is 0 Å². The molecular weight excluding hydrogens is 244 g/mol. The molecule has 0 radical (unpaired) electrons. The first-order valence-corrected chi connectivity index (χ1v) is 6.75. The van der Waals surface area contributed by atoms with Crippen molar-refractivity contribution in [1.29, 1.82) is 0 Å². The Morgan fingerprint density at radius 3 is 1.35 bits per heavy atom. The monoisotopic (exact) mass is 260 g/mol. The van der Waals surface area contributed by atoms with E-state index in [1.54, 1.807) is 0 Å². The molecule has 1 nitrogen and oxygen atoms in total. The Kier molecular flexibility index (Phi) is 3.79. The summed E-state index contributed by atoms with van der Waals surface area (Å²) in [6.45, 7) is 0. The topological polar surface area (TPSA) is 9.23 Å². The molecule has 0 heterocycles. The van der Waals surface area contributed by atoms with Gasteiger partial charge in [0.15, 0.2) is 0 Å². The Labute approximate surface area is 119 Å². The van der Waals surface area contributed by atoms with Gasteiger partial charge in [-0.1, -0.05) is 78.9 Å². The molecule has 0 saturated carbocycles. The SMILES string of the molecule is c1ccc(OC(c2ccccc2)c2ccccc2)cc1. The van der Waals surface area contributed by atoms with Crippen LogP contribution < -0.4 is 4.74 Å². The summed E-state index contributed by atoms with van der Waals surface area (Å²) in [7, 11) is 0. The van der Waals surface area contributed by atoms with Crippen molar-refractivity contribution in [2.45, 2.75) is 6.10 Å². The molecule has 0 aliphatic carbocycles. The van der Waals surface area contributed by atoms with Crippen LogP contribution in [-0.4, -0.2) is 0 Å². The van der Waals surface area contributed by atoms with Gasteiger partial charge < -0.3 is 4.74 Å². The lowest BCUT2D eigenvalue weighted by Gasteiger charge is -2.20. The first kappa shape index (κ1) is 12.5. The van der Waals surface area contributed by atoms with Crippen LogP contribution in [0.2, 0.25) is 0 Å². The highest BCUT2D eigenvalue weighted by molar-refractivity contribution is 5.32. The molecule has 98 valence electrons. The maximum atomic E-state index is 6.19. The number of para-hydroxylation sites is 1. The third-order valence-electron chi connectivity index (χ3n) is 3.20. The standard InChI is InChI=1S/C19H16O/c1-4-10-16(11-5-1)19(17-12-6-2-7-13-17)20-18-14-8-3-9-15-18/h1-15,19H. The zero-order chi connectivity index (χ0) is 13.6. The Morgan fingerprint density at radius 2 is 0.900 bits per heavy atom. The molecule has 0 N–H and O–H groups in total. The highest BCUT2D eigenvalue weighted by Gasteiger charge is 2.15. The van der Waals surface area contributed by atoms with Gasteiger partial charge in [-0.05, 0) is 23.3 Å². The van der Waals surface area contributed by atoms with Crippen LogP contribution in [0.3, 0.4) is 0 Å². The molecule has 0 saturated heterocycles. The fraction of sp³-hybridized carbons (Fsp3) is 0.0526. The van der Waals surface area contributed by atoms with Crippen LogP contribution in [0.15, 0.2) is 91.0 Å². The molecule has 0 fully saturated rings. The number of ether oxygens (including phenoxy) is 1. The fourth-order valence-electron chi connectivity index (χ4n) is 2.22. The lowest BCUT2D eigenvalue weighted by molar-refractivity contribution is 0.247. The van der Waals surface area contributed by atoms with E-state index in [-0.39, 0.29) is 6.10 Å². The van der Waals surface area contributed by atoms with E-state index in [0.29, 0.717) is 0 Å². The van der Waals surface area contributed by atoms with Crippen molar-refractivity contribution in [3.63, 3.8) is 0 Å². The van der Waals surface area contributed by atoms with Crippen molar-refractivity contribution < 1.29 is 4.74 Å². The van der Waals surface area contributed by atoms with E-state index in [4.69, 9.17) is 4.74 Å². The number of hydrogen-bond donors (Lipinski definition) is 0. The Balaban J connectivity index is 1.96. The molecule has 0 unspecified atom stereocenters. The van der Waals surface area contributed by atoms with Gasteiger partial charge in [0, 0.05) is 0 Å². The summed E-state index contributed by atoms with van der Waals surface area (Å²) in [5, 5.41) is 0. The quantitative estimate of drug-likeness (QED) is 0.651. The smallest absolute Gasteiger partial charge is 0.149 e. The number of rotatable bonds is 4. The predicted octanol–water partition coefficient (Wildman–Crippen LogP) is 4.86. The van der Waals surface area contributed by atoms with Gasteiger partial charge >= 0.3 is 0 Å². The molecule has 3 aromatic carbocycles. The maximum absolute atomic E-state index is 6.19. The molecule has 1 heteroatoms. The summed E-state index contributed by atoms with van der Waals surface area (Å²) >= 11 is 0. The maximum Gasteiger partial charge on any atom is 0.149 e. The molecule has 0 bridgehead atoms. The fourth-order valence-corrected chi connectivity index (χ4v) is 2.22. The lowest BCUT2D eigenvalue weighted by Crippen LogP contribution is -2.09. The summed E-state index contributed by atoms with van der Waals surface area (Å²) in [6, 6.07) is 30.5. The third kappa shape index (κ3) is 2.89. The average molecular weight is 260 g/mol. The number of hydrogen-bond acceptors (Lipinski definition) is 1. The van der Waals surface area contributed by atoms with Crippen LogP contribution >= 0.6 is 0 Å². The van der Waals surface area contributed by atoms with Crippen molar-refractivity contribution in [3.05, 3.63) is 102 Å². The van der Waals surface area contributed by atoms with Gasteiger partial charge in [0.1, 0.15) is 11.9 Å². The predicted molar refractivity (Wildman–Crippen MR) is 81.8 cm³/mol. The van der Waals surface area contributed by atoms with E-state index in [1.165, 1.54) is 0 Å². The van der Waals surface area contributed by atoms with Gasteiger partial charge in [-0.2, -0.15) is 0 Å². The highest BCUT2D eigenvalue weighted by Crippen LogP contribution is 2.27. The van der Waals surface area contributed by atoms with Gasteiger partial charge in [0.2, 0.25) is 0 Å². The van der Waals surface area contributed by atoms with Gasteiger partial charge in [-0.15, -0.1) is 0 Å². The molecular formula is C19H16O. The van der Waals surface area contributed by atoms with Crippen LogP contribution in [0.4, 0.5) is 0 Å². The molecule has 3 rings (SSSR count). The molecule has 0 aliphatic rings. The van der Waals surface area contributed by atoms with E-state index in [0.717, 1.165) is 16.9 Å². The van der Waals surface area contributed by atoms with Crippen LogP contribution in [0, 0.1) is 0 Å². The lowest BCUT2D eigenvalue weighted by atomic mass is 10.0. The molecule has 20 heavy (non-hydrogen) atoms. The Morgan fingerprint density at radius 1 is 0.500 bits per heavy atom. The second kappa shape index (κ2) is 6.07. The third-order valence-corrected chi connectivity index (χ3v) is 3.20. The van der Waals surface area contributed by atoms with Gasteiger partial charge in [-0.25, -0.2) is 0 Å². The minimum atomic E-state index is -0.0835. The summed E-state index contributed by atoms with van der Waals surface area (Å²) < 4.78 is 6.19. The minimum Gasteiger partial charge on any atom is -0.481 e. The Hall–Kier alpha value is -2.54. The molecule has 0 aromatic heterocycles. The molecule has 0 atom stereocenters. The van der Waals surface area contributed by atoms with Crippen LogP contribution in [0.25, 0.3) is 0 Å². The number of benzene rings is 3. The molecule has 0 spiro atoms. The van der Waals surface area contributed by atoms with Crippen LogP contribution in [-0.2, 0) is 0 Å². The molecule has 0 amide bonds. The van der Waals surface area contributed by atoms with Crippen LogP contribution in [0.1, 0.15) is 17.2 Å². The summed E-state index contributed by atoms with van der Waals surface area (Å²) in [4.78, 5) is 0. The summed E-state index contributed by atoms with van der Waals surface area (Å²) in [5.41, 5.74) is 2.31. The Bertz CT molecular complexity index is 593. The minimum absolute atomic E-state index is 0.0835. The first-order valence-electron chi connectivity index (χ1n) is 6.75. The van der Waals surface area contributed by atoms with Crippen molar-refractivity contribution in [1.82, 2.24) is 0 Å². The zero-order valence-corrected chi connectivity index (χ0v) is 11.1. The largest absolute Gasteiger partial charge is 0.481 e. The second-order valence-corrected chi connectivity index (χ2v) is 4.63. The van der Waals surface area contributed by atoms with Gasteiger partial charge in [0.25, 0.3) is 0 Å². The van der Waals surface area contributed by atoms with E-state index in [2.05, 4.69) is 24.3 Å². The van der Waals surface area contributed by atoms with Crippen LogP contribution in [0.5, 0.6) is 5.75 Å². The first-order chi connectivity index (χ1) is 9.93. The molecule has 3 aromatic rings. The van der Waals surface area contributed by atoms with E-state index in [9.17, 15) is 0 Å². The second-order valence-electron chi connectivity index (χ2n) is 4.63. The highest BCUT2D eigenvalue weighted by atomic mass is 16.5. The molecule has 0 aliphatic heterocycles. The normalized spacial score (nSPS) is 10.4. The van der Waals surface area contributed by atoms with Gasteiger partial charge in [0.05, 0.1) is 0 Å². The average Bonchev–Trinajstić information content (AvgIpc) is 2.55. The summed E-state index contributed by atoms with van der Waals surface area (Å²) in [5.74, 6) is 0.880. The van der Waals surface area contributed by atoms with Gasteiger partial charge in [-0.3, -0.25) is 0 Å². The summed E-state index contributed by atoms with van der Waals surface area (Å²) in [6.07, 6.45) is -0.0835. The van der Waals surface area contributed by atoms with Crippen molar-refractivity contribution >= 4 is 0 Å².